The van der Waals surface area contributed by atoms with Gasteiger partial charge in [-0.25, -0.2) is 0 Å². The van der Waals surface area contributed by atoms with E-state index < -0.39 is 0 Å². The van der Waals surface area contributed by atoms with Crippen molar-refractivity contribution in [2.75, 3.05) is 13.7 Å². The van der Waals surface area contributed by atoms with Crippen molar-refractivity contribution in [2.24, 2.45) is 0 Å². The number of benzene rings is 1. The molecule has 0 aliphatic rings. The van der Waals surface area contributed by atoms with Gasteiger partial charge >= 0.3 is 0 Å². The van der Waals surface area contributed by atoms with Gasteiger partial charge in [-0.05, 0) is 56.8 Å². The van der Waals surface area contributed by atoms with Gasteiger partial charge in [-0.2, -0.15) is 0 Å². The second-order valence-electron chi connectivity index (χ2n) is 5.23. The number of hydrogen-bond acceptors (Lipinski definition) is 2. The van der Waals surface area contributed by atoms with Crippen molar-refractivity contribution in [1.82, 2.24) is 5.32 Å². The molecule has 1 aromatic carbocycles. The Balaban J connectivity index is 2.85. The maximum Gasteiger partial charge on any atom is 0.122 e. The minimum Gasteiger partial charge on any atom is -0.496 e. The van der Waals surface area contributed by atoms with Crippen molar-refractivity contribution in [3.8, 4) is 5.75 Å². The van der Waals surface area contributed by atoms with E-state index in [1.165, 1.54) is 16.7 Å². The van der Waals surface area contributed by atoms with Crippen molar-refractivity contribution in [3.05, 3.63) is 41.5 Å². The molecule has 1 unspecified atom stereocenters. The summed E-state index contributed by atoms with van der Waals surface area (Å²) in [6.07, 6.45) is 3.28. The second kappa shape index (κ2) is 8.00. The highest BCUT2D eigenvalue weighted by Crippen LogP contribution is 2.26. The van der Waals surface area contributed by atoms with Gasteiger partial charge in [0, 0.05) is 6.04 Å². The molecule has 0 heterocycles. The van der Waals surface area contributed by atoms with Crippen LogP contribution >= 0.6 is 0 Å². The van der Waals surface area contributed by atoms with Crippen LogP contribution in [0.5, 0.6) is 5.75 Å². The van der Waals surface area contributed by atoms with E-state index in [-0.39, 0.29) is 0 Å². The monoisotopic (exact) mass is 261 g/mol. The van der Waals surface area contributed by atoms with Crippen molar-refractivity contribution in [3.63, 3.8) is 0 Å². The average Bonchev–Trinajstić information content (AvgIpc) is 2.39. The third-order valence-electron chi connectivity index (χ3n) is 3.34. The molecule has 0 bridgehead atoms. The Hall–Kier alpha value is -1.28. The predicted octanol–water partition coefficient (Wildman–Crippen LogP) is 4.40. The predicted molar refractivity (Wildman–Crippen MR) is 82.8 cm³/mol. The van der Waals surface area contributed by atoms with Crippen LogP contribution in [0.15, 0.2) is 30.4 Å². The van der Waals surface area contributed by atoms with Gasteiger partial charge in [0.25, 0.3) is 0 Å². The Morgan fingerprint density at radius 2 is 2.16 bits per heavy atom. The van der Waals surface area contributed by atoms with Gasteiger partial charge in [0.2, 0.25) is 0 Å². The molecule has 106 valence electrons. The van der Waals surface area contributed by atoms with Crippen LogP contribution in [0.2, 0.25) is 0 Å². The third kappa shape index (κ3) is 5.07. The van der Waals surface area contributed by atoms with Crippen LogP contribution < -0.4 is 10.1 Å². The molecule has 1 aromatic rings. The van der Waals surface area contributed by atoms with E-state index >= 15 is 0 Å². The molecular weight excluding hydrogens is 234 g/mol. The molecular formula is C17H27NO. The van der Waals surface area contributed by atoms with E-state index in [1.54, 1.807) is 7.11 Å². The lowest BCUT2D eigenvalue weighted by Crippen LogP contribution is -2.22. The number of methoxy groups -OCH3 is 1. The topological polar surface area (TPSA) is 21.3 Å². The van der Waals surface area contributed by atoms with Gasteiger partial charge in [-0.3, -0.25) is 0 Å². The van der Waals surface area contributed by atoms with Gasteiger partial charge in [-0.15, -0.1) is 6.58 Å². The number of nitrogens with one attached hydrogen (secondary N) is 1. The number of ether oxygens (including phenoxy) is 1. The minimum absolute atomic E-state index is 0.381. The fourth-order valence-corrected chi connectivity index (χ4v) is 2.15. The van der Waals surface area contributed by atoms with Crippen molar-refractivity contribution < 1.29 is 4.74 Å². The van der Waals surface area contributed by atoms with E-state index in [0.717, 1.165) is 31.6 Å². The van der Waals surface area contributed by atoms with E-state index in [2.05, 4.69) is 50.9 Å². The summed E-state index contributed by atoms with van der Waals surface area (Å²) in [5, 5.41) is 3.62. The Morgan fingerprint density at radius 1 is 1.42 bits per heavy atom. The quantitative estimate of drug-likeness (QED) is 0.700. The molecule has 0 aliphatic carbocycles. The molecule has 0 aliphatic heterocycles. The van der Waals surface area contributed by atoms with Gasteiger partial charge in [0.1, 0.15) is 5.75 Å². The number of allylic oxidation sites excluding steroid dienone is 1. The van der Waals surface area contributed by atoms with Gasteiger partial charge in [0.15, 0.2) is 0 Å². The fraction of sp³-hybridized carbons (Fsp3) is 0.529. The lowest BCUT2D eigenvalue weighted by Gasteiger charge is -2.20. The molecule has 2 heteroatoms. The van der Waals surface area contributed by atoms with E-state index in [4.69, 9.17) is 4.74 Å². The summed E-state index contributed by atoms with van der Waals surface area (Å²) in [5.74, 6) is 0.969. The first kappa shape index (κ1) is 15.8. The van der Waals surface area contributed by atoms with Crippen LogP contribution in [0, 0.1) is 6.92 Å². The Morgan fingerprint density at radius 3 is 2.74 bits per heavy atom. The number of rotatable bonds is 8. The maximum atomic E-state index is 5.42. The number of aryl methyl sites for hydroxylation is 1. The van der Waals surface area contributed by atoms with Crippen LogP contribution in [0.25, 0.3) is 0 Å². The maximum absolute atomic E-state index is 5.42. The highest BCUT2D eigenvalue weighted by atomic mass is 16.5. The molecule has 0 saturated carbocycles. The van der Waals surface area contributed by atoms with Gasteiger partial charge in [-0.1, -0.05) is 24.6 Å². The molecule has 1 atom stereocenters. The highest BCUT2D eigenvalue weighted by molar-refractivity contribution is 5.37. The molecule has 2 nitrogen and oxygen atoms in total. The second-order valence-corrected chi connectivity index (χ2v) is 5.23. The molecule has 1 rings (SSSR count). The summed E-state index contributed by atoms with van der Waals surface area (Å²) in [5.41, 5.74) is 3.72. The normalized spacial score (nSPS) is 12.2. The molecule has 0 amide bonds. The highest BCUT2D eigenvalue weighted by Gasteiger charge is 2.12. The van der Waals surface area contributed by atoms with Crippen LogP contribution in [-0.2, 0) is 0 Å². The molecule has 0 saturated heterocycles. The summed E-state index contributed by atoms with van der Waals surface area (Å²) < 4.78 is 5.42. The van der Waals surface area contributed by atoms with Crippen molar-refractivity contribution in [2.45, 2.75) is 46.1 Å². The Labute approximate surface area is 117 Å². The summed E-state index contributed by atoms with van der Waals surface area (Å²) in [6.45, 7) is 11.4. The molecule has 0 fully saturated rings. The first-order valence-electron chi connectivity index (χ1n) is 7.10. The largest absolute Gasteiger partial charge is 0.496 e. The summed E-state index contributed by atoms with van der Waals surface area (Å²) in [6, 6.07) is 6.87. The molecule has 19 heavy (non-hydrogen) atoms. The van der Waals surface area contributed by atoms with Crippen molar-refractivity contribution >= 4 is 0 Å². The molecule has 0 aromatic heterocycles. The average molecular weight is 261 g/mol. The summed E-state index contributed by atoms with van der Waals surface area (Å²) in [4.78, 5) is 0. The Bertz CT molecular complexity index is 412. The lowest BCUT2D eigenvalue weighted by atomic mass is 9.98. The first-order chi connectivity index (χ1) is 9.08. The van der Waals surface area contributed by atoms with E-state index in [9.17, 15) is 0 Å². The summed E-state index contributed by atoms with van der Waals surface area (Å²) in [7, 11) is 1.73. The zero-order chi connectivity index (χ0) is 14.3. The zero-order valence-corrected chi connectivity index (χ0v) is 12.8. The zero-order valence-electron chi connectivity index (χ0n) is 12.8. The first-order valence-corrected chi connectivity index (χ1v) is 7.10. The number of hydrogen-bond donors (Lipinski definition) is 1. The van der Waals surface area contributed by atoms with E-state index in [0.29, 0.717) is 6.04 Å². The molecule has 0 spiro atoms. The summed E-state index contributed by atoms with van der Waals surface area (Å²) >= 11 is 0. The Kier molecular flexibility index (Phi) is 6.65. The van der Waals surface area contributed by atoms with Gasteiger partial charge in [0.05, 0.1) is 7.11 Å². The smallest absolute Gasteiger partial charge is 0.122 e. The van der Waals surface area contributed by atoms with Crippen molar-refractivity contribution in [1.29, 1.82) is 0 Å². The van der Waals surface area contributed by atoms with Gasteiger partial charge < -0.3 is 10.1 Å². The molecule has 1 N–H and O–H groups in total. The fourth-order valence-electron chi connectivity index (χ4n) is 2.15. The SMILES string of the molecule is C=C(C)CCC(NCCC)c1ccc(C)c(OC)c1. The standard InChI is InChI=1S/C17H27NO/c1-6-11-18-16(10-7-13(2)3)15-9-8-14(4)17(12-15)19-5/h8-9,12,16,18H,2,6-7,10-11H2,1,3-5H3. The molecule has 0 radical (unpaired) electrons. The third-order valence-corrected chi connectivity index (χ3v) is 3.34. The minimum atomic E-state index is 0.381. The van der Waals surface area contributed by atoms with Crippen LogP contribution in [0.3, 0.4) is 0 Å². The van der Waals surface area contributed by atoms with E-state index in [1.807, 2.05) is 0 Å². The van der Waals surface area contributed by atoms with Crippen LogP contribution in [0.4, 0.5) is 0 Å². The lowest BCUT2D eigenvalue weighted by molar-refractivity contribution is 0.409. The van der Waals surface area contributed by atoms with Crippen LogP contribution in [0.1, 0.15) is 50.3 Å². The van der Waals surface area contributed by atoms with Crippen LogP contribution in [-0.4, -0.2) is 13.7 Å².